The molecule has 2 aliphatic carbocycles. The van der Waals surface area contributed by atoms with Crippen LogP contribution >= 0.6 is 11.6 Å². The van der Waals surface area contributed by atoms with Gasteiger partial charge in [0.1, 0.15) is 5.82 Å². The molecule has 4 heteroatoms. The van der Waals surface area contributed by atoms with Crippen molar-refractivity contribution in [2.75, 3.05) is 0 Å². The first-order valence-corrected chi connectivity index (χ1v) is 7.93. The number of halogens is 2. The molecule has 0 heterocycles. The van der Waals surface area contributed by atoms with E-state index in [0.29, 0.717) is 17.0 Å². The molecule has 2 nitrogen and oxygen atoms in total. The minimum absolute atomic E-state index is 0.148. The lowest BCUT2D eigenvalue weighted by Gasteiger charge is -2.26. The van der Waals surface area contributed by atoms with Crippen molar-refractivity contribution in [1.82, 2.24) is 5.43 Å². The molecule has 0 aliphatic heterocycles. The molecule has 4 unspecified atom stereocenters. The molecule has 20 heavy (non-hydrogen) atoms. The Morgan fingerprint density at radius 1 is 1.35 bits per heavy atom. The van der Waals surface area contributed by atoms with Crippen molar-refractivity contribution in [2.45, 2.75) is 44.6 Å². The molecule has 110 valence electrons. The van der Waals surface area contributed by atoms with Crippen LogP contribution in [-0.4, -0.2) is 6.04 Å². The Morgan fingerprint density at radius 2 is 2.20 bits per heavy atom. The number of hydrogen-bond donors (Lipinski definition) is 2. The molecular weight excluding hydrogens is 275 g/mol. The molecule has 1 aromatic carbocycles. The summed E-state index contributed by atoms with van der Waals surface area (Å²) in [5.74, 6) is 8.04. The molecule has 0 spiro atoms. The lowest BCUT2D eigenvalue weighted by Crippen LogP contribution is -2.39. The van der Waals surface area contributed by atoms with E-state index < -0.39 is 0 Å². The van der Waals surface area contributed by atoms with Crippen LogP contribution in [0.15, 0.2) is 18.2 Å². The molecule has 2 bridgehead atoms. The summed E-state index contributed by atoms with van der Waals surface area (Å²) < 4.78 is 13.9. The first kappa shape index (κ1) is 14.3. The Morgan fingerprint density at radius 3 is 2.80 bits per heavy atom. The summed E-state index contributed by atoms with van der Waals surface area (Å²) in [5.41, 5.74) is 3.57. The lowest BCUT2D eigenvalue weighted by molar-refractivity contribution is 0.276. The highest BCUT2D eigenvalue weighted by Crippen LogP contribution is 2.49. The van der Waals surface area contributed by atoms with Crippen LogP contribution in [-0.2, 0) is 6.42 Å². The minimum Gasteiger partial charge on any atom is -0.271 e. The molecule has 2 fully saturated rings. The molecule has 0 radical (unpaired) electrons. The first-order valence-electron chi connectivity index (χ1n) is 7.55. The van der Waals surface area contributed by atoms with Gasteiger partial charge in [-0.1, -0.05) is 24.1 Å². The predicted molar refractivity (Wildman–Crippen MR) is 79.8 cm³/mol. The fourth-order valence-electron chi connectivity index (χ4n) is 4.19. The molecule has 0 saturated heterocycles. The highest BCUT2D eigenvalue weighted by Gasteiger charge is 2.40. The Hall–Kier alpha value is -0.640. The zero-order chi connectivity index (χ0) is 14.1. The van der Waals surface area contributed by atoms with Crippen molar-refractivity contribution in [3.63, 3.8) is 0 Å². The van der Waals surface area contributed by atoms with E-state index in [1.54, 1.807) is 12.1 Å². The van der Waals surface area contributed by atoms with Crippen LogP contribution in [0.3, 0.4) is 0 Å². The van der Waals surface area contributed by atoms with Gasteiger partial charge in [-0.2, -0.15) is 0 Å². The summed E-state index contributed by atoms with van der Waals surface area (Å²) in [6.45, 7) is 0. The van der Waals surface area contributed by atoms with Gasteiger partial charge in [-0.25, -0.2) is 4.39 Å². The third-order valence-electron chi connectivity index (χ3n) is 5.19. The highest BCUT2D eigenvalue weighted by molar-refractivity contribution is 6.30. The summed E-state index contributed by atoms with van der Waals surface area (Å²) >= 11 is 5.79. The van der Waals surface area contributed by atoms with Gasteiger partial charge in [0.05, 0.1) is 0 Å². The minimum atomic E-state index is -0.231. The average molecular weight is 297 g/mol. The second-order valence-corrected chi connectivity index (χ2v) is 6.91. The number of nitrogens with two attached hydrogens (primary N) is 1. The van der Waals surface area contributed by atoms with E-state index in [4.69, 9.17) is 17.4 Å². The van der Waals surface area contributed by atoms with Crippen LogP contribution in [0.25, 0.3) is 0 Å². The summed E-state index contributed by atoms with van der Waals surface area (Å²) in [7, 11) is 0. The maximum Gasteiger partial charge on any atom is 0.127 e. The van der Waals surface area contributed by atoms with E-state index in [-0.39, 0.29) is 11.9 Å². The maximum atomic E-state index is 13.9. The topological polar surface area (TPSA) is 38.0 Å². The van der Waals surface area contributed by atoms with Gasteiger partial charge in [0.15, 0.2) is 0 Å². The second kappa shape index (κ2) is 6.00. The number of hydrazine groups is 1. The van der Waals surface area contributed by atoms with Crippen molar-refractivity contribution in [3.05, 3.63) is 34.6 Å². The molecule has 1 aromatic rings. The lowest BCUT2D eigenvalue weighted by atomic mass is 9.83. The zero-order valence-corrected chi connectivity index (χ0v) is 12.4. The van der Waals surface area contributed by atoms with Crippen LogP contribution in [0.1, 0.15) is 37.7 Å². The maximum absolute atomic E-state index is 13.9. The van der Waals surface area contributed by atoms with E-state index in [2.05, 4.69) is 5.43 Å². The van der Waals surface area contributed by atoms with E-state index in [9.17, 15) is 4.39 Å². The van der Waals surface area contributed by atoms with Gasteiger partial charge in [-0.15, -0.1) is 0 Å². The number of nitrogens with one attached hydrogen (secondary N) is 1. The van der Waals surface area contributed by atoms with E-state index >= 15 is 0 Å². The molecule has 3 rings (SSSR count). The van der Waals surface area contributed by atoms with Gasteiger partial charge < -0.3 is 0 Å². The SMILES string of the molecule is NNC(Cc1ccc(Cl)cc1F)CC1CC2CCC1C2. The van der Waals surface area contributed by atoms with E-state index in [1.165, 1.54) is 31.7 Å². The van der Waals surface area contributed by atoms with Gasteiger partial charge in [0.25, 0.3) is 0 Å². The zero-order valence-electron chi connectivity index (χ0n) is 11.6. The van der Waals surface area contributed by atoms with Crippen molar-refractivity contribution in [2.24, 2.45) is 23.6 Å². The predicted octanol–water partition coefficient (Wildman–Crippen LogP) is 3.68. The van der Waals surface area contributed by atoms with Gasteiger partial charge in [-0.05, 0) is 67.6 Å². The number of hydrogen-bond acceptors (Lipinski definition) is 2. The molecule has 0 aromatic heterocycles. The van der Waals surface area contributed by atoms with Crippen LogP contribution in [0.4, 0.5) is 4.39 Å². The smallest absolute Gasteiger partial charge is 0.127 e. The molecule has 4 atom stereocenters. The molecular formula is C16H22ClFN2. The summed E-state index contributed by atoms with van der Waals surface area (Å²) in [6, 6.07) is 5.03. The quantitative estimate of drug-likeness (QED) is 0.642. The molecule has 3 N–H and O–H groups in total. The van der Waals surface area contributed by atoms with E-state index in [1.807, 2.05) is 0 Å². The van der Waals surface area contributed by atoms with Crippen molar-refractivity contribution >= 4 is 11.6 Å². The Kier molecular flexibility index (Phi) is 4.29. The largest absolute Gasteiger partial charge is 0.271 e. The fraction of sp³-hybridized carbons (Fsp3) is 0.625. The Bertz CT molecular complexity index is 480. The van der Waals surface area contributed by atoms with Gasteiger partial charge in [-0.3, -0.25) is 11.3 Å². The fourth-order valence-corrected chi connectivity index (χ4v) is 4.35. The van der Waals surface area contributed by atoms with Crippen molar-refractivity contribution in [1.29, 1.82) is 0 Å². The monoisotopic (exact) mass is 296 g/mol. The summed E-state index contributed by atoms with van der Waals surface area (Å²) in [6.07, 6.45) is 7.21. The van der Waals surface area contributed by atoms with E-state index in [0.717, 1.165) is 24.2 Å². The second-order valence-electron chi connectivity index (χ2n) is 6.47. The Balaban J connectivity index is 1.62. The molecule has 2 aliphatic rings. The van der Waals surface area contributed by atoms with Crippen LogP contribution in [0.5, 0.6) is 0 Å². The van der Waals surface area contributed by atoms with Crippen molar-refractivity contribution in [3.8, 4) is 0 Å². The van der Waals surface area contributed by atoms with Crippen LogP contribution in [0, 0.1) is 23.6 Å². The van der Waals surface area contributed by atoms with Crippen LogP contribution < -0.4 is 11.3 Å². The van der Waals surface area contributed by atoms with Gasteiger partial charge in [0, 0.05) is 11.1 Å². The average Bonchev–Trinajstić information content (AvgIpc) is 3.03. The Labute approximate surface area is 124 Å². The van der Waals surface area contributed by atoms with Gasteiger partial charge >= 0.3 is 0 Å². The standard InChI is InChI=1S/C16H22ClFN2/c17-14-4-3-12(16(18)9-14)7-15(20-19)8-13-6-10-1-2-11(13)5-10/h3-4,9-11,13,15,20H,1-2,5-8,19H2. The number of rotatable bonds is 5. The highest BCUT2D eigenvalue weighted by atomic mass is 35.5. The van der Waals surface area contributed by atoms with Crippen molar-refractivity contribution < 1.29 is 4.39 Å². The van der Waals surface area contributed by atoms with Crippen LogP contribution in [0.2, 0.25) is 5.02 Å². The third-order valence-corrected chi connectivity index (χ3v) is 5.42. The summed E-state index contributed by atoms with van der Waals surface area (Å²) in [5, 5.41) is 0.441. The first-order chi connectivity index (χ1) is 9.65. The third kappa shape index (κ3) is 3.00. The molecule has 0 amide bonds. The van der Waals surface area contributed by atoms with Gasteiger partial charge in [0.2, 0.25) is 0 Å². The normalized spacial score (nSPS) is 29.9. The summed E-state index contributed by atoms with van der Waals surface area (Å²) in [4.78, 5) is 0. The number of benzene rings is 1. The molecule has 2 saturated carbocycles. The number of fused-ring (bicyclic) bond motifs is 2.